The SMILES string of the molecule is COc1ccccc1-c1cc(C(=O)NC(CC(C)C)c2nnc3ccccn23)[nH]n1. The van der Waals surface area contributed by atoms with Crippen LogP contribution in [0.3, 0.4) is 0 Å². The number of para-hydroxylation sites is 1. The molecule has 0 saturated heterocycles. The molecule has 0 aliphatic carbocycles. The quantitative estimate of drug-likeness (QED) is 0.490. The number of amides is 1. The molecule has 0 aliphatic rings. The van der Waals surface area contributed by atoms with Gasteiger partial charge in [0.05, 0.1) is 18.8 Å². The molecular weight excluding hydrogens is 380 g/mol. The van der Waals surface area contributed by atoms with Crippen LogP contribution in [0.4, 0.5) is 0 Å². The molecule has 0 aliphatic heterocycles. The Morgan fingerprint density at radius 1 is 1.17 bits per heavy atom. The first-order valence-corrected chi connectivity index (χ1v) is 9.86. The Hall–Kier alpha value is -3.68. The molecule has 8 nitrogen and oxygen atoms in total. The van der Waals surface area contributed by atoms with Crippen LogP contribution >= 0.6 is 0 Å². The minimum absolute atomic E-state index is 0.248. The van der Waals surface area contributed by atoms with Crippen molar-refractivity contribution in [1.29, 1.82) is 0 Å². The van der Waals surface area contributed by atoms with Crippen LogP contribution in [0, 0.1) is 5.92 Å². The lowest BCUT2D eigenvalue weighted by molar-refractivity contribution is 0.0924. The van der Waals surface area contributed by atoms with Crippen molar-refractivity contribution in [3.05, 3.63) is 66.2 Å². The Labute approximate surface area is 174 Å². The van der Waals surface area contributed by atoms with Gasteiger partial charge in [-0.2, -0.15) is 5.10 Å². The van der Waals surface area contributed by atoms with Crippen molar-refractivity contribution in [2.45, 2.75) is 26.3 Å². The molecule has 0 spiro atoms. The van der Waals surface area contributed by atoms with Gasteiger partial charge in [-0.3, -0.25) is 14.3 Å². The first-order chi connectivity index (χ1) is 14.6. The largest absolute Gasteiger partial charge is 0.496 e. The molecule has 1 atom stereocenters. The number of ether oxygens (including phenoxy) is 1. The number of methoxy groups -OCH3 is 1. The highest BCUT2D eigenvalue weighted by atomic mass is 16.5. The maximum atomic E-state index is 13.0. The minimum atomic E-state index is -0.284. The molecule has 0 bridgehead atoms. The molecule has 8 heteroatoms. The summed E-state index contributed by atoms with van der Waals surface area (Å²) in [4.78, 5) is 13.0. The predicted octanol–water partition coefficient (Wildman–Crippen LogP) is 3.65. The average Bonchev–Trinajstić information content (AvgIpc) is 3.40. The Morgan fingerprint density at radius 2 is 1.97 bits per heavy atom. The maximum Gasteiger partial charge on any atom is 0.269 e. The first-order valence-electron chi connectivity index (χ1n) is 9.86. The first kappa shape index (κ1) is 19.6. The molecule has 4 aromatic rings. The summed E-state index contributed by atoms with van der Waals surface area (Å²) in [5.74, 6) is 1.51. The molecule has 0 saturated carbocycles. The number of benzene rings is 1. The fourth-order valence-corrected chi connectivity index (χ4v) is 3.47. The lowest BCUT2D eigenvalue weighted by atomic mass is 10.0. The number of aromatic nitrogens is 5. The van der Waals surface area contributed by atoms with Gasteiger partial charge in [-0.25, -0.2) is 0 Å². The molecule has 1 aromatic carbocycles. The number of aromatic amines is 1. The van der Waals surface area contributed by atoms with Crippen molar-refractivity contribution >= 4 is 11.6 Å². The van der Waals surface area contributed by atoms with Gasteiger partial charge in [0, 0.05) is 11.8 Å². The highest BCUT2D eigenvalue weighted by Crippen LogP contribution is 2.28. The molecule has 1 amide bonds. The summed E-state index contributed by atoms with van der Waals surface area (Å²) in [6.07, 6.45) is 2.63. The van der Waals surface area contributed by atoms with Crippen LogP contribution in [-0.2, 0) is 0 Å². The second-order valence-corrected chi connectivity index (χ2v) is 7.51. The zero-order chi connectivity index (χ0) is 21.1. The summed E-state index contributed by atoms with van der Waals surface area (Å²) in [5.41, 5.74) is 2.58. The number of pyridine rings is 1. The molecular formula is C22H24N6O2. The minimum Gasteiger partial charge on any atom is -0.496 e. The van der Waals surface area contributed by atoms with E-state index in [1.807, 2.05) is 53.1 Å². The van der Waals surface area contributed by atoms with Gasteiger partial charge in [-0.1, -0.05) is 32.0 Å². The van der Waals surface area contributed by atoms with Gasteiger partial charge < -0.3 is 10.1 Å². The number of fused-ring (bicyclic) bond motifs is 1. The number of H-pyrrole nitrogens is 1. The van der Waals surface area contributed by atoms with E-state index < -0.39 is 0 Å². The second-order valence-electron chi connectivity index (χ2n) is 7.51. The van der Waals surface area contributed by atoms with Crippen LogP contribution in [0.15, 0.2) is 54.7 Å². The summed E-state index contributed by atoms with van der Waals surface area (Å²) in [6, 6.07) is 14.7. The molecule has 30 heavy (non-hydrogen) atoms. The third-order valence-electron chi connectivity index (χ3n) is 4.87. The number of rotatable bonds is 7. The van der Waals surface area contributed by atoms with Crippen LogP contribution < -0.4 is 10.1 Å². The summed E-state index contributed by atoms with van der Waals surface area (Å²) >= 11 is 0. The zero-order valence-corrected chi connectivity index (χ0v) is 17.2. The number of carbonyl (C=O) groups is 1. The van der Waals surface area contributed by atoms with E-state index in [9.17, 15) is 4.79 Å². The number of nitrogens with one attached hydrogen (secondary N) is 2. The monoisotopic (exact) mass is 404 g/mol. The van der Waals surface area contributed by atoms with Crippen LogP contribution in [0.25, 0.3) is 16.9 Å². The second kappa shape index (κ2) is 8.36. The molecule has 0 fully saturated rings. The number of hydrogen-bond acceptors (Lipinski definition) is 5. The standard InChI is InChI=1S/C22H24N6O2/c1-14(2)12-17(21-27-26-20-10-6-7-11-28(20)21)23-22(29)18-13-16(24-25-18)15-8-4-5-9-19(15)30-3/h4-11,13-14,17H,12H2,1-3H3,(H,23,29)(H,24,25). The number of hydrogen-bond donors (Lipinski definition) is 2. The lowest BCUT2D eigenvalue weighted by Gasteiger charge is -2.18. The highest BCUT2D eigenvalue weighted by molar-refractivity contribution is 5.93. The third-order valence-corrected chi connectivity index (χ3v) is 4.87. The fourth-order valence-electron chi connectivity index (χ4n) is 3.47. The average molecular weight is 404 g/mol. The Morgan fingerprint density at radius 3 is 2.77 bits per heavy atom. The molecule has 0 radical (unpaired) electrons. The summed E-state index contributed by atoms with van der Waals surface area (Å²) in [6.45, 7) is 4.22. The fraction of sp³-hybridized carbons (Fsp3) is 0.273. The van der Waals surface area contributed by atoms with Crippen molar-refractivity contribution < 1.29 is 9.53 Å². The Kier molecular flexibility index (Phi) is 5.47. The van der Waals surface area contributed by atoms with Crippen molar-refractivity contribution in [3.8, 4) is 17.0 Å². The van der Waals surface area contributed by atoms with E-state index in [1.54, 1.807) is 13.2 Å². The Bertz CT molecular complexity index is 1160. The van der Waals surface area contributed by atoms with Crippen molar-refractivity contribution in [2.75, 3.05) is 7.11 Å². The Balaban J connectivity index is 1.60. The van der Waals surface area contributed by atoms with Gasteiger partial charge in [0.25, 0.3) is 5.91 Å². The van der Waals surface area contributed by atoms with E-state index in [1.165, 1.54) is 0 Å². The van der Waals surface area contributed by atoms with Gasteiger partial charge >= 0.3 is 0 Å². The van der Waals surface area contributed by atoms with E-state index >= 15 is 0 Å². The van der Waals surface area contributed by atoms with Crippen LogP contribution in [-0.4, -0.2) is 37.8 Å². The van der Waals surface area contributed by atoms with Crippen LogP contribution in [0.2, 0.25) is 0 Å². The van der Waals surface area contributed by atoms with Crippen LogP contribution in [0.1, 0.15) is 42.6 Å². The molecule has 2 N–H and O–H groups in total. The van der Waals surface area contributed by atoms with E-state index in [0.29, 0.717) is 28.9 Å². The highest BCUT2D eigenvalue weighted by Gasteiger charge is 2.23. The third kappa shape index (κ3) is 3.89. The van der Waals surface area contributed by atoms with Crippen molar-refractivity contribution in [2.24, 2.45) is 5.92 Å². The van der Waals surface area contributed by atoms with Crippen molar-refractivity contribution in [1.82, 2.24) is 30.1 Å². The molecule has 1 unspecified atom stereocenters. The summed E-state index contributed by atoms with van der Waals surface area (Å²) in [5, 5.41) is 18.8. The van der Waals surface area contributed by atoms with E-state index in [4.69, 9.17) is 4.74 Å². The predicted molar refractivity (Wildman–Crippen MR) is 113 cm³/mol. The number of nitrogens with zero attached hydrogens (tertiary/aromatic N) is 4. The van der Waals surface area contributed by atoms with Gasteiger partial charge in [0.1, 0.15) is 11.4 Å². The summed E-state index contributed by atoms with van der Waals surface area (Å²) in [7, 11) is 1.61. The van der Waals surface area contributed by atoms with E-state index in [0.717, 1.165) is 17.6 Å². The van der Waals surface area contributed by atoms with Gasteiger partial charge in [-0.05, 0) is 42.7 Å². The van der Waals surface area contributed by atoms with Crippen LogP contribution in [0.5, 0.6) is 5.75 Å². The van der Waals surface area contributed by atoms with Gasteiger partial charge in [0.2, 0.25) is 0 Å². The van der Waals surface area contributed by atoms with E-state index in [-0.39, 0.29) is 11.9 Å². The molecule has 3 aromatic heterocycles. The normalized spacial score (nSPS) is 12.3. The zero-order valence-electron chi connectivity index (χ0n) is 17.2. The van der Waals surface area contributed by atoms with Gasteiger partial charge in [-0.15, -0.1) is 10.2 Å². The molecule has 154 valence electrons. The molecule has 4 rings (SSSR count). The molecule has 3 heterocycles. The van der Waals surface area contributed by atoms with E-state index in [2.05, 4.69) is 39.6 Å². The number of carbonyl (C=O) groups excluding carboxylic acids is 1. The smallest absolute Gasteiger partial charge is 0.269 e. The topological polar surface area (TPSA) is 97.2 Å². The summed E-state index contributed by atoms with van der Waals surface area (Å²) < 4.78 is 7.30. The lowest BCUT2D eigenvalue weighted by Crippen LogP contribution is -2.31. The maximum absolute atomic E-state index is 13.0. The van der Waals surface area contributed by atoms with Gasteiger partial charge in [0.15, 0.2) is 11.5 Å². The van der Waals surface area contributed by atoms with Crippen molar-refractivity contribution in [3.63, 3.8) is 0 Å².